The van der Waals surface area contributed by atoms with Crippen LogP contribution in [-0.2, 0) is 21.4 Å². The molecule has 0 saturated carbocycles. The van der Waals surface area contributed by atoms with Crippen molar-refractivity contribution in [3.05, 3.63) is 71.5 Å². The van der Waals surface area contributed by atoms with Crippen LogP contribution >= 0.6 is 11.6 Å². The Morgan fingerprint density at radius 3 is 2.71 bits per heavy atom. The molecule has 0 aliphatic carbocycles. The molecule has 3 N–H and O–H groups in total. The summed E-state index contributed by atoms with van der Waals surface area (Å²) >= 11 is 6.22. The molecule has 0 unspecified atom stereocenters. The zero-order valence-corrected chi connectivity index (χ0v) is 20.4. The van der Waals surface area contributed by atoms with E-state index >= 15 is 0 Å². The van der Waals surface area contributed by atoms with Crippen molar-refractivity contribution in [1.29, 1.82) is 0 Å². The molecule has 180 valence electrons. The van der Waals surface area contributed by atoms with E-state index in [1.807, 2.05) is 24.3 Å². The van der Waals surface area contributed by atoms with Crippen molar-refractivity contribution in [1.82, 2.24) is 14.6 Å². The summed E-state index contributed by atoms with van der Waals surface area (Å²) in [5, 5.41) is 3.57. The first-order valence-electron chi connectivity index (χ1n) is 11.0. The Balaban J connectivity index is 1.34. The van der Waals surface area contributed by atoms with E-state index in [0.717, 1.165) is 27.1 Å². The number of rotatable bonds is 6. The number of halogens is 1. The lowest BCUT2D eigenvalue weighted by Gasteiger charge is -2.19. The molecule has 1 amide bonds. The first-order valence-corrected chi connectivity index (χ1v) is 12.8. The number of likely N-dealkylation sites (tertiary alicyclic amines) is 1. The minimum atomic E-state index is -3.92. The first kappa shape index (κ1) is 23.3. The molecule has 4 aromatic rings. The SMILES string of the molecule is COc1ccc2ccc(S(=O)(=O)N[C@H]3CCN(Cc4cc5c(Cl)nccc5cc4N)C3=O)cc2c1. The number of benzene rings is 3. The topological polar surface area (TPSA) is 115 Å². The fourth-order valence-corrected chi connectivity index (χ4v) is 5.83. The van der Waals surface area contributed by atoms with Gasteiger partial charge in [0.1, 0.15) is 16.9 Å². The van der Waals surface area contributed by atoms with Gasteiger partial charge in [-0.05, 0) is 70.6 Å². The minimum absolute atomic E-state index is 0.0884. The van der Waals surface area contributed by atoms with Gasteiger partial charge in [0.25, 0.3) is 0 Å². The van der Waals surface area contributed by atoms with Gasteiger partial charge in [-0.15, -0.1) is 0 Å². The number of fused-ring (bicyclic) bond motifs is 2. The molecule has 2 heterocycles. The number of carbonyl (C=O) groups excluding carboxylic acids is 1. The second-order valence-corrected chi connectivity index (χ2v) is 10.5. The summed E-state index contributed by atoms with van der Waals surface area (Å²) in [6.45, 7) is 0.652. The number of hydrogen-bond acceptors (Lipinski definition) is 6. The molecule has 8 nitrogen and oxygen atoms in total. The molecule has 1 aliphatic heterocycles. The van der Waals surface area contributed by atoms with Gasteiger partial charge in [-0.3, -0.25) is 4.79 Å². The van der Waals surface area contributed by atoms with Gasteiger partial charge in [0.2, 0.25) is 15.9 Å². The van der Waals surface area contributed by atoms with E-state index < -0.39 is 16.1 Å². The van der Waals surface area contributed by atoms with Gasteiger partial charge >= 0.3 is 0 Å². The molecule has 0 bridgehead atoms. The smallest absolute Gasteiger partial charge is 0.241 e. The highest BCUT2D eigenvalue weighted by molar-refractivity contribution is 7.89. The van der Waals surface area contributed by atoms with Gasteiger partial charge in [0, 0.05) is 30.4 Å². The van der Waals surface area contributed by atoms with Crippen molar-refractivity contribution in [3.63, 3.8) is 0 Å². The lowest BCUT2D eigenvalue weighted by Crippen LogP contribution is -2.41. The number of carbonyl (C=O) groups is 1. The predicted octanol–water partition coefficient (Wildman–Crippen LogP) is 3.71. The third-order valence-electron chi connectivity index (χ3n) is 6.26. The van der Waals surface area contributed by atoms with Gasteiger partial charge in [0.15, 0.2) is 0 Å². The number of methoxy groups -OCH3 is 1. The summed E-state index contributed by atoms with van der Waals surface area (Å²) in [6, 6.07) is 14.9. The summed E-state index contributed by atoms with van der Waals surface area (Å²) < 4.78 is 34.0. The average Bonchev–Trinajstić information content (AvgIpc) is 3.17. The van der Waals surface area contributed by atoms with Crippen LogP contribution in [0.1, 0.15) is 12.0 Å². The van der Waals surface area contributed by atoms with Crippen LogP contribution in [0.25, 0.3) is 21.5 Å². The number of sulfonamides is 1. The molecule has 3 aromatic carbocycles. The Morgan fingerprint density at radius 2 is 1.91 bits per heavy atom. The number of pyridine rings is 1. The molecule has 1 fully saturated rings. The zero-order chi connectivity index (χ0) is 24.7. The second kappa shape index (κ2) is 8.99. The van der Waals surface area contributed by atoms with E-state index in [2.05, 4.69) is 9.71 Å². The third kappa shape index (κ3) is 4.50. The maximum absolute atomic E-state index is 13.1. The van der Waals surface area contributed by atoms with Crippen LogP contribution < -0.4 is 15.2 Å². The number of nitrogens with two attached hydrogens (primary N) is 1. The Hall–Kier alpha value is -3.40. The fourth-order valence-electron chi connectivity index (χ4n) is 4.35. The minimum Gasteiger partial charge on any atom is -0.497 e. The molecule has 0 radical (unpaired) electrons. The van der Waals surface area contributed by atoms with Crippen molar-refractivity contribution in [2.75, 3.05) is 19.4 Å². The first-order chi connectivity index (χ1) is 16.7. The summed E-state index contributed by atoms with van der Waals surface area (Å²) in [5.41, 5.74) is 7.48. The van der Waals surface area contributed by atoms with E-state index in [1.54, 1.807) is 42.5 Å². The zero-order valence-electron chi connectivity index (χ0n) is 18.9. The lowest BCUT2D eigenvalue weighted by molar-refractivity contribution is -0.129. The Labute approximate surface area is 207 Å². The molecule has 5 rings (SSSR count). The number of nitrogens with one attached hydrogen (secondary N) is 1. The largest absolute Gasteiger partial charge is 0.497 e. The summed E-state index contributed by atoms with van der Waals surface area (Å²) in [5.74, 6) is 0.333. The number of nitrogen functional groups attached to an aromatic ring is 1. The lowest BCUT2D eigenvalue weighted by atomic mass is 10.1. The van der Waals surface area contributed by atoms with Crippen LogP contribution in [0.15, 0.2) is 65.7 Å². The van der Waals surface area contributed by atoms with Gasteiger partial charge in [0.05, 0.1) is 12.0 Å². The van der Waals surface area contributed by atoms with Crippen molar-refractivity contribution in [3.8, 4) is 5.75 Å². The fraction of sp³-hybridized carbons (Fsp3) is 0.200. The highest BCUT2D eigenvalue weighted by Gasteiger charge is 2.35. The summed E-state index contributed by atoms with van der Waals surface area (Å²) in [7, 11) is -2.36. The van der Waals surface area contributed by atoms with Crippen LogP contribution in [0.3, 0.4) is 0 Å². The number of amides is 1. The number of hydrogen-bond donors (Lipinski definition) is 2. The van der Waals surface area contributed by atoms with Crippen LogP contribution in [-0.4, -0.2) is 43.9 Å². The molecule has 0 spiro atoms. The maximum Gasteiger partial charge on any atom is 0.241 e. The van der Waals surface area contributed by atoms with E-state index in [-0.39, 0.29) is 17.3 Å². The second-order valence-electron chi connectivity index (χ2n) is 8.47. The van der Waals surface area contributed by atoms with Crippen molar-refractivity contribution < 1.29 is 17.9 Å². The predicted molar refractivity (Wildman–Crippen MR) is 136 cm³/mol. The monoisotopic (exact) mass is 510 g/mol. The van der Waals surface area contributed by atoms with E-state index in [0.29, 0.717) is 29.6 Å². The maximum atomic E-state index is 13.1. The van der Waals surface area contributed by atoms with Crippen LogP contribution in [0.5, 0.6) is 5.75 Å². The average molecular weight is 511 g/mol. The Morgan fingerprint density at radius 1 is 1.11 bits per heavy atom. The summed E-state index contributed by atoms with van der Waals surface area (Å²) in [6.07, 6.45) is 1.96. The molecule has 1 aliphatic rings. The van der Waals surface area contributed by atoms with Gasteiger partial charge in [-0.25, -0.2) is 13.4 Å². The highest BCUT2D eigenvalue weighted by atomic mass is 35.5. The van der Waals surface area contributed by atoms with Crippen LogP contribution in [0.2, 0.25) is 5.15 Å². The van der Waals surface area contributed by atoms with Crippen molar-refractivity contribution in [2.24, 2.45) is 0 Å². The Bertz CT molecular complexity index is 1580. The molecule has 1 atom stereocenters. The van der Waals surface area contributed by atoms with Crippen molar-refractivity contribution in [2.45, 2.75) is 23.9 Å². The molecule has 1 aromatic heterocycles. The Kier molecular flexibility index (Phi) is 6.00. The standard InChI is InChI=1S/C25H23ClN4O4S/c1-34-19-4-2-15-3-5-20(11-17(15)10-19)35(32,33)29-23-7-9-30(25(23)31)14-18-12-21-16(13-22(18)27)6-8-28-24(21)26/h2-6,8,10-13,23,29H,7,9,14,27H2,1H3/t23-/m0/s1. The van der Waals surface area contributed by atoms with Crippen molar-refractivity contribution >= 4 is 54.8 Å². The molecule has 10 heteroatoms. The van der Waals surface area contributed by atoms with E-state index in [4.69, 9.17) is 22.1 Å². The highest BCUT2D eigenvalue weighted by Crippen LogP contribution is 2.29. The van der Waals surface area contributed by atoms with Crippen LogP contribution in [0, 0.1) is 0 Å². The van der Waals surface area contributed by atoms with Gasteiger partial charge < -0.3 is 15.4 Å². The number of anilines is 1. The van der Waals surface area contributed by atoms with Gasteiger partial charge in [-0.2, -0.15) is 4.72 Å². The molecule has 35 heavy (non-hydrogen) atoms. The number of ether oxygens (including phenoxy) is 1. The van der Waals surface area contributed by atoms with Crippen LogP contribution in [0.4, 0.5) is 5.69 Å². The normalized spacial score (nSPS) is 16.3. The van der Waals surface area contributed by atoms with Gasteiger partial charge in [-0.1, -0.05) is 23.7 Å². The van der Waals surface area contributed by atoms with E-state index in [9.17, 15) is 13.2 Å². The molecule has 1 saturated heterocycles. The number of nitrogens with zero attached hydrogens (tertiary/aromatic N) is 2. The molecular formula is C25H23ClN4O4S. The summed E-state index contributed by atoms with van der Waals surface area (Å²) in [4.78, 5) is 18.8. The number of aromatic nitrogens is 1. The van der Waals surface area contributed by atoms with E-state index in [1.165, 1.54) is 6.07 Å². The quantitative estimate of drug-likeness (QED) is 0.302. The third-order valence-corrected chi connectivity index (χ3v) is 8.03. The molecular weight excluding hydrogens is 488 g/mol.